The average Bonchev–Trinajstić information content (AvgIpc) is 2.37. The van der Waals surface area contributed by atoms with Crippen LogP contribution in [0.2, 0.25) is 0 Å². The van der Waals surface area contributed by atoms with E-state index in [1.807, 2.05) is 0 Å². The Bertz CT molecular complexity index is 785. The summed E-state index contributed by atoms with van der Waals surface area (Å²) in [7, 11) is -4.66. The van der Waals surface area contributed by atoms with Crippen LogP contribution in [-0.2, 0) is 10.1 Å². The normalized spacial score (nSPS) is 10.7. The molecular weight excluding hydrogens is 307 g/mol. The second-order valence-electron chi connectivity index (χ2n) is 4.01. The first-order chi connectivity index (χ1) is 9.29. The third-order valence-corrected chi connectivity index (χ3v) is 3.44. The van der Waals surface area contributed by atoms with Crippen LogP contribution >= 0.6 is 0 Å². The number of rotatable bonds is 3. The van der Waals surface area contributed by atoms with Crippen molar-refractivity contribution in [1.29, 1.82) is 0 Å². The zero-order valence-corrected chi connectivity index (χ0v) is 13.8. The van der Waals surface area contributed by atoms with Crippen molar-refractivity contribution in [2.24, 2.45) is 0 Å². The second kappa shape index (κ2) is 6.59. The molecule has 2 N–H and O–H groups in total. The summed E-state index contributed by atoms with van der Waals surface area (Å²) in [6.07, 6.45) is 0. The molecule has 0 heterocycles. The minimum absolute atomic E-state index is 0. The Morgan fingerprint density at radius 3 is 2.29 bits per heavy atom. The van der Waals surface area contributed by atoms with Crippen molar-refractivity contribution in [3.8, 4) is 11.5 Å². The topological polar surface area (TPSA) is 115 Å². The molecule has 21 heavy (non-hydrogen) atoms. The maximum Gasteiger partial charge on any atom is 1.00 e. The van der Waals surface area contributed by atoms with E-state index in [9.17, 15) is 22.9 Å². The van der Waals surface area contributed by atoms with Gasteiger partial charge < -0.3 is 14.8 Å². The van der Waals surface area contributed by atoms with Crippen LogP contribution in [0.25, 0.3) is 0 Å². The molecule has 2 rings (SSSR count). The fraction of sp³-hybridized carbons (Fsp3) is 0. The van der Waals surface area contributed by atoms with Crippen LogP contribution in [-0.4, -0.2) is 29.0 Å². The Morgan fingerprint density at radius 2 is 1.71 bits per heavy atom. The summed E-state index contributed by atoms with van der Waals surface area (Å²) in [6, 6.07) is 8.00. The zero-order valence-electron chi connectivity index (χ0n) is 11.0. The minimum atomic E-state index is -4.66. The fourth-order valence-electron chi connectivity index (χ4n) is 1.66. The largest absolute Gasteiger partial charge is 1.00 e. The van der Waals surface area contributed by atoms with Crippen LogP contribution in [0.1, 0.15) is 15.9 Å². The van der Waals surface area contributed by atoms with E-state index in [2.05, 4.69) is 0 Å². The smallest absolute Gasteiger partial charge is 0.744 e. The fourth-order valence-corrected chi connectivity index (χ4v) is 2.18. The third-order valence-electron chi connectivity index (χ3n) is 2.61. The van der Waals surface area contributed by atoms with Crippen molar-refractivity contribution in [3.63, 3.8) is 0 Å². The number of phenols is 2. The third kappa shape index (κ3) is 4.05. The van der Waals surface area contributed by atoms with Gasteiger partial charge in [-0.2, -0.15) is 0 Å². The molecule has 104 valence electrons. The predicted molar refractivity (Wildman–Crippen MR) is 67.6 cm³/mol. The molecule has 0 spiro atoms. The number of aromatic hydroxyl groups is 2. The number of phenolic OH excluding ortho intramolecular Hbond substituents is 2. The standard InChI is InChI=1S/C13H10O6S.Na/c14-9-4-5-11(12(15)7-9)13(16)8-2-1-3-10(6-8)20(17,18)19;/h1-7,14-15H,(H,17,18,19);/q;+1/p-1. The molecule has 0 radical (unpaired) electrons. The van der Waals surface area contributed by atoms with E-state index in [1.165, 1.54) is 24.3 Å². The summed E-state index contributed by atoms with van der Waals surface area (Å²) in [4.78, 5) is 11.6. The summed E-state index contributed by atoms with van der Waals surface area (Å²) in [5.41, 5.74) is -0.161. The van der Waals surface area contributed by atoms with Gasteiger partial charge in [-0.25, -0.2) is 8.42 Å². The predicted octanol–water partition coefficient (Wildman–Crippen LogP) is -1.76. The van der Waals surface area contributed by atoms with Crippen molar-refractivity contribution >= 4 is 15.9 Å². The van der Waals surface area contributed by atoms with E-state index in [0.29, 0.717) is 0 Å². The van der Waals surface area contributed by atoms with Crippen molar-refractivity contribution in [3.05, 3.63) is 53.6 Å². The SMILES string of the molecule is O=C(c1cccc(S(=O)(=O)[O-])c1)c1ccc(O)cc1O.[Na+]. The van der Waals surface area contributed by atoms with Gasteiger partial charge in [0, 0.05) is 11.6 Å². The summed E-state index contributed by atoms with van der Waals surface area (Å²) < 4.78 is 32.7. The number of carbonyl (C=O) groups excluding carboxylic acids is 1. The number of carbonyl (C=O) groups is 1. The second-order valence-corrected chi connectivity index (χ2v) is 5.39. The van der Waals surface area contributed by atoms with Crippen LogP contribution in [0.5, 0.6) is 11.5 Å². The molecule has 0 atom stereocenters. The van der Waals surface area contributed by atoms with Gasteiger partial charge in [-0.3, -0.25) is 4.79 Å². The molecule has 6 nitrogen and oxygen atoms in total. The number of ketones is 1. The maximum atomic E-state index is 12.1. The van der Waals surface area contributed by atoms with E-state index in [0.717, 1.165) is 18.2 Å². The zero-order chi connectivity index (χ0) is 14.9. The van der Waals surface area contributed by atoms with Crippen LogP contribution in [0.3, 0.4) is 0 Å². The van der Waals surface area contributed by atoms with E-state index >= 15 is 0 Å². The molecule has 0 bridgehead atoms. The molecule has 0 aliphatic carbocycles. The van der Waals surface area contributed by atoms with Gasteiger partial charge in [-0.15, -0.1) is 0 Å². The number of hydrogen-bond acceptors (Lipinski definition) is 6. The molecule has 2 aromatic carbocycles. The van der Waals surface area contributed by atoms with Gasteiger partial charge in [-0.1, -0.05) is 12.1 Å². The summed E-state index contributed by atoms with van der Waals surface area (Å²) in [5.74, 6) is -1.31. The molecular formula is C13H9NaO6S. The monoisotopic (exact) mass is 316 g/mol. The summed E-state index contributed by atoms with van der Waals surface area (Å²) in [6.45, 7) is 0. The van der Waals surface area contributed by atoms with Crippen LogP contribution in [0.4, 0.5) is 0 Å². The van der Waals surface area contributed by atoms with E-state index < -0.39 is 26.5 Å². The quantitative estimate of drug-likeness (QED) is 0.394. The van der Waals surface area contributed by atoms with Gasteiger partial charge in [-0.05, 0) is 24.3 Å². The summed E-state index contributed by atoms with van der Waals surface area (Å²) >= 11 is 0. The van der Waals surface area contributed by atoms with E-state index in [1.54, 1.807) is 0 Å². The molecule has 0 amide bonds. The minimum Gasteiger partial charge on any atom is -0.744 e. The van der Waals surface area contributed by atoms with Gasteiger partial charge in [0.1, 0.15) is 21.6 Å². The molecule has 0 saturated carbocycles. The van der Waals surface area contributed by atoms with Gasteiger partial charge >= 0.3 is 29.6 Å². The Hall–Kier alpha value is -1.38. The summed E-state index contributed by atoms with van der Waals surface area (Å²) in [5, 5.41) is 18.7. The average molecular weight is 316 g/mol. The Balaban J connectivity index is 0.00000220. The van der Waals surface area contributed by atoms with Gasteiger partial charge in [0.25, 0.3) is 0 Å². The molecule has 8 heteroatoms. The maximum absolute atomic E-state index is 12.1. The molecule has 0 aliphatic heterocycles. The molecule has 0 saturated heterocycles. The number of hydrogen-bond donors (Lipinski definition) is 2. The number of benzene rings is 2. The van der Waals surface area contributed by atoms with Gasteiger partial charge in [0.05, 0.1) is 10.5 Å². The van der Waals surface area contributed by atoms with E-state index in [4.69, 9.17) is 5.11 Å². The van der Waals surface area contributed by atoms with Crippen LogP contribution < -0.4 is 29.6 Å². The van der Waals surface area contributed by atoms with Crippen LogP contribution in [0.15, 0.2) is 47.4 Å². The first-order valence-electron chi connectivity index (χ1n) is 5.41. The molecule has 0 fully saturated rings. The van der Waals surface area contributed by atoms with Crippen molar-refractivity contribution < 1.29 is 57.5 Å². The molecule has 0 aromatic heterocycles. The van der Waals surface area contributed by atoms with Crippen molar-refractivity contribution in [2.45, 2.75) is 4.90 Å². The van der Waals surface area contributed by atoms with Gasteiger partial charge in [0.15, 0.2) is 5.78 Å². The molecule has 2 aromatic rings. The van der Waals surface area contributed by atoms with Crippen molar-refractivity contribution in [2.75, 3.05) is 0 Å². The molecule has 0 unspecified atom stereocenters. The van der Waals surface area contributed by atoms with Crippen LogP contribution in [0, 0.1) is 0 Å². The Morgan fingerprint density at radius 1 is 1.05 bits per heavy atom. The Kier molecular flexibility index (Phi) is 5.54. The first-order valence-corrected chi connectivity index (χ1v) is 6.82. The Labute approximate surface area is 143 Å². The van der Waals surface area contributed by atoms with Crippen molar-refractivity contribution in [1.82, 2.24) is 0 Å². The first kappa shape index (κ1) is 17.7. The molecule has 0 aliphatic rings. The van der Waals surface area contributed by atoms with E-state index in [-0.39, 0.29) is 46.4 Å². The van der Waals surface area contributed by atoms with Gasteiger partial charge in [0.2, 0.25) is 0 Å².